The van der Waals surface area contributed by atoms with E-state index in [0.29, 0.717) is 17.3 Å². The van der Waals surface area contributed by atoms with E-state index in [-0.39, 0.29) is 16.8 Å². The van der Waals surface area contributed by atoms with Gasteiger partial charge in [0.15, 0.2) is 5.82 Å². The molecule has 0 radical (unpaired) electrons. The number of H-pyrrole nitrogens is 1. The van der Waals surface area contributed by atoms with Crippen LogP contribution in [0.3, 0.4) is 0 Å². The van der Waals surface area contributed by atoms with Crippen LogP contribution in [0.25, 0.3) is 22.4 Å². The fraction of sp³-hybridized carbons (Fsp3) is 0.458. The first kappa shape index (κ1) is 21.3. The van der Waals surface area contributed by atoms with Crippen molar-refractivity contribution in [3.63, 3.8) is 0 Å². The van der Waals surface area contributed by atoms with Crippen molar-refractivity contribution in [3.8, 4) is 28.1 Å². The molecule has 0 bridgehead atoms. The highest BCUT2D eigenvalue weighted by atomic mass is 16.3. The van der Waals surface area contributed by atoms with Crippen molar-refractivity contribution in [2.45, 2.75) is 64.6 Å². The van der Waals surface area contributed by atoms with Crippen molar-refractivity contribution in [2.75, 3.05) is 11.9 Å². The lowest BCUT2D eigenvalue weighted by molar-refractivity contribution is 0.160. The zero-order valence-electron chi connectivity index (χ0n) is 19.2. The van der Waals surface area contributed by atoms with Crippen molar-refractivity contribution < 1.29 is 5.11 Å². The first-order valence-electron chi connectivity index (χ1n) is 10.7. The molecule has 3 N–H and O–H groups in total. The number of piperidine rings is 1. The summed E-state index contributed by atoms with van der Waals surface area (Å²) >= 11 is 0. The summed E-state index contributed by atoms with van der Waals surface area (Å²) in [5.41, 5.74) is 4.38. The maximum Gasteiger partial charge on any atom is 0.151 e. The van der Waals surface area contributed by atoms with E-state index in [0.717, 1.165) is 35.3 Å². The predicted molar refractivity (Wildman–Crippen MR) is 124 cm³/mol. The molecule has 1 saturated heterocycles. The van der Waals surface area contributed by atoms with Gasteiger partial charge in [-0.25, -0.2) is 0 Å². The minimum absolute atomic E-state index is 0.0636. The Bertz CT molecular complexity index is 1040. The molecule has 0 unspecified atom stereocenters. The van der Waals surface area contributed by atoms with E-state index in [1.807, 2.05) is 31.3 Å². The summed E-state index contributed by atoms with van der Waals surface area (Å²) in [6.07, 6.45) is 5.63. The van der Waals surface area contributed by atoms with E-state index < -0.39 is 0 Å². The summed E-state index contributed by atoms with van der Waals surface area (Å²) in [4.78, 5) is 2.23. The lowest BCUT2D eigenvalue weighted by Gasteiger charge is -2.49. The Kier molecular flexibility index (Phi) is 5.25. The van der Waals surface area contributed by atoms with Crippen LogP contribution < -0.4 is 10.2 Å². The molecule has 0 amide bonds. The van der Waals surface area contributed by atoms with Crippen molar-refractivity contribution in [1.82, 2.24) is 25.7 Å². The van der Waals surface area contributed by atoms with Crippen LogP contribution in [-0.4, -0.2) is 49.7 Å². The first-order chi connectivity index (χ1) is 14.5. The van der Waals surface area contributed by atoms with Crippen LogP contribution in [0.5, 0.6) is 5.75 Å². The Hall–Kier alpha value is -2.93. The van der Waals surface area contributed by atoms with Crippen LogP contribution >= 0.6 is 0 Å². The molecule has 1 fully saturated rings. The molecule has 4 rings (SSSR count). The number of nitrogens with zero attached hydrogens (tertiary/aromatic N) is 4. The van der Waals surface area contributed by atoms with Gasteiger partial charge in [-0.3, -0.25) is 5.10 Å². The summed E-state index contributed by atoms with van der Waals surface area (Å²) in [5.74, 6) is 1.02. The number of hydrogen-bond donors (Lipinski definition) is 3. The van der Waals surface area contributed by atoms with Gasteiger partial charge >= 0.3 is 0 Å². The first-order valence-corrected chi connectivity index (χ1v) is 10.7. The average Bonchev–Trinajstić information content (AvgIpc) is 3.21. The average molecular weight is 421 g/mol. The van der Waals surface area contributed by atoms with Crippen LogP contribution in [0.4, 0.5) is 5.82 Å². The number of aryl methyl sites for hydroxylation is 1. The Morgan fingerprint density at radius 1 is 1.03 bits per heavy atom. The van der Waals surface area contributed by atoms with E-state index >= 15 is 0 Å². The highest BCUT2D eigenvalue weighted by Crippen LogP contribution is 2.36. The smallest absolute Gasteiger partial charge is 0.151 e. The number of hydrogen-bond acceptors (Lipinski definition) is 6. The maximum absolute atomic E-state index is 10.6. The molecule has 164 valence electrons. The number of aromatic nitrogens is 4. The van der Waals surface area contributed by atoms with Crippen molar-refractivity contribution in [2.24, 2.45) is 0 Å². The second-order valence-electron chi connectivity index (χ2n) is 10.0. The van der Waals surface area contributed by atoms with Crippen LogP contribution in [0, 0.1) is 6.92 Å². The monoisotopic (exact) mass is 420 g/mol. The minimum Gasteiger partial charge on any atom is -0.507 e. The van der Waals surface area contributed by atoms with Gasteiger partial charge in [-0.15, -0.1) is 10.2 Å². The second-order valence-corrected chi connectivity index (χ2v) is 10.0. The molecule has 7 heteroatoms. The molecule has 7 nitrogen and oxygen atoms in total. The largest absolute Gasteiger partial charge is 0.507 e. The highest BCUT2D eigenvalue weighted by molar-refractivity contribution is 5.76. The zero-order chi connectivity index (χ0) is 22.4. The van der Waals surface area contributed by atoms with Gasteiger partial charge < -0.3 is 15.3 Å². The van der Waals surface area contributed by atoms with Crippen LogP contribution in [-0.2, 0) is 0 Å². The third kappa shape index (κ3) is 4.42. The molecule has 0 aliphatic carbocycles. The fourth-order valence-electron chi connectivity index (χ4n) is 5.00. The SMILES string of the molecule is Cc1cc(-c2ccc(N(C)C3CC(C)(C)NC(C)(C)C3)nn2)c(O)cc1-c1cn[nH]c1. The highest BCUT2D eigenvalue weighted by Gasteiger charge is 2.39. The lowest BCUT2D eigenvalue weighted by Crippen LogP contribution is -2.62. The van der Waals surface area contributed by atoms with Crippen LogP contribution in [0.1, 0.15) is 46.1 Å². The molecular formula is C24H32N6O. The van der Waals surface area contributed by atoms with E-state index in [9.17, 15) is 5.11 Å². The van der Waals surface area contributed by atoms with Crippen LogP contribution in [0.15, 0.2) is 36.7 Å². The van der Waals surface area contributed by atoms with Gasteiger partial charge in [0, 0.05) is 41.5 Å². The van der Waals surface area contributed by atoms with Gasteiger partial charge in [0.05, 0.1) is 11.9 Å². The predicted octanol–water partition coefficient (Wildman–Crippen LogP) is 4.29. The number of phenolic OH excluding ortho intramolecular Hbond substituents is 1. The summed E-state index contributed by atoms with van der Waals surface area (Å²) < 4.78 is 0. The Morgan fingerprint density at radius 3 is 2.32 bits per heavy atom. The molecule has 1 aromatic carbocycles. The van der Waals surface area contributed by atoms with Gasteiger partial charge in [0.1, 0.15) is 5.75 Å². The molecular weight excluding hydrogens is 388 g/mol. The molecule has 0 saturated carbocycles. The van der Waals surface area contributed by atoms with Crippen molar-refractivity contribution in [1.29, 1.82) is 0 Å². The molecule has 3 heterocycles. The molecule has 1 aliphatic heterocycles. The van der Waals surface area contributed by atoms with Gasteiger partial charge in [0.25, 0.3) is 0 Å². The Morgan fingerprint density at radius 2 is 1.74 bits per heavy atom. The van der Waals surface area contributed by atoms with Gasteiger partial charge in [-0.05, 0) is 82.9 Å². The van der Waals surface area contributed by atoms with E-state index in [1.54, 1.807) is 12.3 Å². The Balaban J connectivity index is 1.58. The molecule has 2 aromatic heterocycles. The molecule has 3 aromatic rings. The number of benzene rings is 1. The third-order valence-electron chi connectivity index (χ3n) is 6.16. The summed E-state index contributed by atoms with van der Waals surface area (Å²) in [5, 5.41) is 30.1. The minimum atomic E-state index is 0.0636. The van der Waals surface area contributed by atoms with Crippen molar-refractivity contribution in [3.05, 3.63) is 42.2 Å². The molecule has 31 heavy (non-hydrogen) atoms. The number of aromatic amines is 1. The number of rotatable bonds is 4. The number of nitrogens with one attached hydrogen (secondary N) is 2. The third-order valence-corrected chi connectivity index (χ3v) is 6.16. The van der Waals surface area contributed by atoms with Gasteiger partial charge in [-0.2, -0.15) is 5.10 Å². The number of phenols is 1. The summed E-state index contributed by atoms with van der Waals surface area (Å²) in [6, 6.07) is 8.00. The van der Waals surface area contributed by atoms with E-state index in [2.05, 4.69) is 65.4 Å². The standard InChI is InChI=1S/C24H32N6O/c1-15-9-19(21(31)10-18(15)16-13-25-26-14-16)20-7-8-22(28-27-20)30(6)17-11-23(2,3)29-24(4,5)12-17/h7-10,13-14,17,29,31H,11-12H2,1-6H3,(H,25,26). The molecule has 0 spiro atoms. The van der Waals surface area contributed by atoms with Crippen molar-refractivity contribution >= 4 is 5.82 Å². The number of aromatic hydroxyl groups is 1. The van der Waals surface area contributed by atoms with Gasteiger partial charge in [0.2, 0.25) is 0 Å². The summed E-state index contributed by atoms with van der Waals surface area (Å²) in [7, 11) is 2.09. The van der Waals surface area contributed by atoms with Gasteiger partial charge in [-0.1, -0.05) is 0 Å². The topological polar surface area (TPSA) is 90.0 Å². The van der Waals surface area contributed by atoms with E-state index in [4.69, 9.17) is 0 Å². The Labute approximate surface area is 183 Å². The molecule has 0 atom stereocenters. The maximum atomic E-state index is 10.6. The second kappa shape index (κ2) is 7.64. The van der Waals surface area contributed by atoms with E-state index in [1.165, 1.54) is 0 Å². The normalized spacial score (nSPS) is 18.1. The molecule has 1 aliphatic rings. The zero-order valence-corrected chi connectivity index (χ0v) is 19.2. The summed E-state index contributed by atoms with van der Waals surface area (Å²) in [6.45, 7) is 11.0. The fourth-order valence-corrected chi connectivity index (χ4v) is 5.00. The lowest BCUT2D eigenvalue weighted by atomic mass is 9.79. The number of anilines is 1. The quantitative estimate of drug-likeness (QED) is 0.583. The van der Waals surface area contributed by atoms with Crippen LogP contribution in [0.2, 0.25) is 0 Å².